The summed E-state index contributed by atoms with van der Waals surface area (Å²) in [6, 6.07) is 0. The molecule has 1 N–H and O–H groups in total. The first-order valence-corrected chi connectivity index (χ1v) is 6.99. The zero-order chi connectivity index (χ0) is 13.6. The van der Waals surface area contributed by atoms with Gasteiger partial charge in [0.15, 0.2) is 0 Å². The van der Waals surface area contributed by atoms with E-state index >= 15 is 0 Å². The molecular formula is C14H27NO3. The zero-order valence-electron chi connectivity index (χ0n) is 12.1. The molecule has 4 nitrogen and oxygen atoms in total. The van der Waals surface area contributed by atoms with Crippen molar-refractivity contribution in [2.24, 2.45) is 5.92 Å². The van der Waals surface area contributed by atoms with Gasteiger partial charge in [0, 0.05) is 13.0 Å². The molecule has 0 radical (unpaired) electrons. The van der Waals surface area contributed by atoms with Crippen LogP contribution < -0.4 is 5.32 Å². The molecule has 0 aromatic rings. The maximum atomic E-state index is 12.1. The predicted octanol–water partition coefficient (Wildman–Crippen LogP) is 2.12. The van der Waals surface area contributed by atoms with Crippen LogP contribution in [0.3, 0.4) is 0 Å². The summed E-state index contributed by atoms with van der Waals surface area (Å²) in [4.78, 5) is 12.1. The lowest BCUT2D eigenvalue weighted by atomic mass is 9.85. The lowest BCUT2D eigenvalue weighted by Crippen LogP contribution is -2.58. The Kier molecular flexibility index (Phi) is 6.09. The highest BCUT2D eigenvalue weighted by Crippen LogP contribution is 2.28. The number of hydrogen-bond acceptors (Lipinski definition) is 4. The molecule has 0 amide bonds. The van der Waals surface area contributed by atoms with Gasteiger partial charge < -0.3 is 14.8 Å². The molecule has 1 saturated heterocycles. The Hall–Kier alpha value is -0.610. The number of nitrogens with one attached hydrogen (secondary N) is 1. The second-order valence-electron chi connectivity index (χ2n) is 5.58. The van der Waals surface area contributed by atoms with Gasteiger partial charge >= 0.3 is 5.97 Å². The number of methoxy groups -OCH3 is 1. The summed E-state index contributed by atoms with van der Waals surface area (Å²) in [7, 11) is 1.46. The first kappa shape index (κ1) is 15.4. The highest BCUT2D eigenvalue weighted by Gasteiger charge is 2.43. The summed E-state index contributed by atoms with van der Waals surface area (Å²) >= 11 is 0. The molecule has 1 rings (SSSR count). The first-order valence-electron chi connectivity index (χ1n) is 6.99. The van der Waals surface area contributed by atoms with Crippen LogP contribution in [-0.4, -0.2) is 37.9 Å². The van der Waals surface area contributed by atoms with Crippen molar-refractivity contribution in [3.05, 3.63) is 0 Å². The molecule has 0 aromatic heterocycles. The van der Waals surface area contributed by atoms with E-state index in [9.17, 15) is 4.79 Å². The van der Waals surface area contributed by atoms with Crippen LogP contribution in [0.5, 0.6) is 0 Å². The lowest BCUT2D eigenvalue weighted by molar-refractivity contribution is -0.156. The molecule has 1 heterocycles. The quantitative estimate of drug-likeness (QED) is 0.740. The minimum Gasteiger partial charge on any atom is -0.468 e. The van der Waals surface area contributed by atoms with E-state index in [-0.39, 0.29) is 12.1 Å². The third-order valence-electron chi connectivity index (χ3n) is 3.49. The predicted molar refractivity (Wildman–Crippen MR) is 71.5 cm³/mol. The molecule has 1 fully saturated rings. The van der Waals surface area contributed by atoms with Crippen molar-refractivity contribution < 1.29 is 14.3 Å². The maximum Gasteiger partial charge on any atom is 0.326 e. The Morgan fingerprint density at radius 1 is 1.56 bits per heavy atom. The maximum absolute atomic E-state index is 12.1. The third-order valence-corrected chi connectivity index (χ3v) is 3.49. The van der Waals surface area contributed by atoms with Crippen LogP contribution in [0, 0.1) is 5.92 Å². The fraction of sp³-hybridized carbons (Fsp3) is 0.929. The van der Waals surface area contributed by atoms with E-state index in [1.165, 1.54) is 7.11 Å². The summed E-state index contributed by atoms with van der Waals surface area (Å²) in [5, 5.41) is 3.42. The van der Waals surface area contributed by atoms with Crippen LogP contribution in [0.25, 0.3) is 0 Å². The molecule has 4 heteroatoms. The molecule has 0 saturated carbocycles. The monoisotopic (exact) mass is 257 g/mol. The summed E-state index contributed by atoms with van der Waals surface area (Å²) < 4.78 is 10.7. The van der Waals surface area contributed by atoms with E-state index in [0.29, 0.717) is 18.9 Å². The van der Waals surface area contributed by atoms with Crippen LogP contribution in [-0.2, 0) is 14.3 Å². The number of carbonyl (C=O) groups is 1. The summed E-state index contributed by atoms with van der Waals surface area (Å²) in [6.07, 6.45) is 3.67. The van der Waals surface area contributed by atoms with Crippen LogP contribution in [0.4, 0.5) is 0 Å². The van der Waals surface area contributed by atoms with Gasteiger partial charge in [-0.2, -0.15) is 0 Å². The van der Waals surface area contributed by atoms with E-state index in [2.05, 4.69) is 26.1 Å². The fourth-order valence-electron chi connectivity index (χ4n) is 2.47. The Balaban J connectivity index is 2.72. The Morgan fingerprint density at radius 3 is 2.83 bits per heavy atom. The minimum atomic E-state index is -0.545. The van der Waals surface area contributed by atoms with E-state index in [4.69, 9.17) is 9.47 Å². The minimum absolute atomic E-state index is 0.146. The topological polar surface area (TPSA) is 47.6 Å². The molecule has 2 unspecified atom stereocenters. The van der Waals surface area contributed by atoms with Crippen LogP contribution in [0.1, 0.15) is 46.5 Å². The zero-order valence-corrected chi connectivity index (χ0v) is 12.1. The molecule has 18 heavy (non-hydrogen) atoms. The van der Waals surface area contributed by atoms with Crippen LogP contribution in [0.15, 0.2) is 0 Å². The number of ether oxygens (including phenoxy) is 2. The van der Waals surface area contributed by atoms with Gasteiger partial charge in [-0.15, -0.1) is 0 Å². The standard InChI is InChI=1S/C14H27NO3/c1-5-6-12-9-14(7-8-18-12,13(16)17-4)15-10-11(2)3/h11-12,15H,5-10H2,1-4H3. The second-order valence-corrected chi connectivity index (χ2v) is 5.58. The summed E-state index contributed by atoms with van der Waals surface area (Å²) in [5.74, 6) is 0.367. The number of carbonyl (C=O) groups excluding carboxylic acids is 1. The van der Waals surface area contributed by atoms with Gasteiger partial charge in [0.25, 0.3) is 0 Å². The van der Waals surface area contributed by atoms with E-state index in [1.54, 1.807) is 0 Å². The van der Waals surface area contributed by atoms with Crippen molar-refractivity contribution in [3.8, 4) is 0 Å². The molecular weight excluding hydrogens is 230 g/mol. The average molecular weight is 257 g/mol. The van der Waals surface area contributed by atoms with Crippen molar-refractivity contribution in [2.75, 3.05) is 20.3 Å². The largest absolute Gasteiger partial charge is 0.468 e. The van der Waals surface area contributed by atoms with Crippen molar-refractivity contribution in [1.82, 2.24) is 5.32 Å². The normalized spacial score (nSPS) is 28.4. The van der Waals surface area contributed by atoms with Gasteiger partial charge in [0.2, 0.25) is 0 Å². The average Bonchev–Trinajstić information content (AvgIpc) is 2.36. The molecule has 1 aliphatic heterocycles. The lowest BCUT2D eigenvalue weighted by Gasteiger charge is -2.39. The molecule has 0 spiro atoms. The third kappa shape index (κ3) is 3.95. The molecule has 1 aliphatic rings. The molecule has 0 bridgehead atoms. The Morgan fingerprint density at radius 2 is 2.28 bits per heavy atom. The van der Waals surface area contributed by atoms with E-state index in [1.807, 2.05) is 0 Å². The molecule has 2 atom stereocenters. The van der Waals surface area contributed by atoms with E-state index < -0.39 is 5.54 Å². The second kappa shape index (κ2) is 7.10. The van der Waals surface area contributed by atoms with Gasteiger partial charge in [-0.25, -0.2) is 0 Å². The summed E-state index contributed by atoms with van der Waals surface area (Å²) in [6.45, 7) is 7.87. The van der Waals surface area contributed by atoms with Crippen molar-refractivity contribution >= 4 is 5.97 Å². The first-order chi connectivity index (χ1) is 8.54. The van der Waals surface area contributed by atoms with Crippen molar-refractivity contribution in [1.29, 1.82) is 0 Å². The van der Waals surface area contributed by atoms with Gasteiger partial charge in [-0.3, -0.25) is 4.79 Å². The Labute approximate surface area is 110 Å². The summed E-state index contributed by atoms with van der Waals surface area (Å²) in [5.41, 5.74) is -0.545. The van der Waals surface area contributed by atoms with Gasteiger partial charge in [-0.05, 0) is 25.3 Å². The van der Waals surface area contributed by atoms with Gasteiger partial charge in [-0.1, -0.05) is 27.2 Å². The number of rotatable bonds is 6. The van der Waals surface area contributed by atoms with Gasteiger partial charge in [0.05, 0.1) is 13.2 Å². The molecule has 106 valence electrons. The van der Waals surface area contributed by atoms with Crippen molar-refractivity contribution in [3.63, 3.8) is 0 Å². The van der Waals surface area contributed by atoms with Crippen LogP contribution >= 0.6 is 0 Å². The molecule has 0 aliphatic carbocycles. The SMILES string of the molecule is CCCC1CC(NCC(C)C)(C(=O)OC)CCO1. The Bertz CT molecular complexity index is 266. The molecule has 0 aromatic carbocycles. The smallest absolute Gasteiger partial charge is 0.326 e. The fourth-order valence-corrected chi connectivity index (χ4v) is 2.47. The van der Waals surface area contributed by atoms with E-state index in [0.717, 1.165) is 25.8 Å². The number of esters is 1. The number of hydrogen-bond donors (Lipinski definition) is 1. The highest BCUT2D eigenvalue weighted by molar-refractivity contribution is 5.81. The van der Waals surface area contributed by atoms with Crippen molar-refractivity contribution in [2.45, 2.75) is 58.1 Å². The van der Waals surface area contributed by atoms with Crippen LogP contribution in [0.2, 0.25) is 0 Å². The highest BCUT2D eigenvalue weighted by atomic mass is 16.5. The van der Waals surface area contributed by atoms with Gasteiger partial charge in [0.1, 0.15) is 5.54 Å².